The number of pyridine rings is 1. The maximum atomic E-state index is 12.9. The number of aromatic nitrogens is 1. The predicted molar refractivity (Wildman–Crippen MR) is 101 cm³/mol. The van der Waals surface area contributed by atoms with Gasteiger partial charge in [-0.05, 0) is 24.0 Å². The highest BCUT2D eigenvalue weighted by molar-refractivity contribution is 5.76. The zero-order valence-corrected chi connectivity index (χ0v) is 15.6. The number of benzene rings is 1. The van der Waals surface area contributed by atoms with E-state index in [1.54, 1.807) is 0 Å². The summed E-state index contributed by atoms with van der Waals surface area (Å²) in [6, 6.07) is 11.9. The van der Waals surface area contributed by atoms with Crippen LogP contribution in [0.4, 0.5) is 13.2 Å². The lowest BCUT2D eigenvalue weighted by molar-refractivity contribution is -0.147. The summed E-state index contributed by atoms with van der Waals surface area (Å²) in [5.41, 5.74) is 4.69. The molecule has 2 aromatic rings. The van der Waals surface area contributed by atoms with Crippen molar-refractivity contribution in [1.29, 1.82) is 5.26 Å². The van der Waals surface area contributed by atoms with Crippen molar-refractivity contribution in [3.63, 3.8) is 0 Å². The van der Waals surface area contributed by atoms with Crippen LogP contribution >= 0.6 is 0 Å². The lowest BCUT2D eigenvalue weighted by Gasteiger charge is -2.31. The third-order valence-electron chi connectivity index (χ3n) is 5.78. The molecule has 0 N–H and O–H groups in total. The number of halogens is 3. The van der Waals surface area contributed by atoms with Crippen LogP contribution in [0.25, 0.3) is 11.1 Å². The summed E-state index contributed by atoms with van der Waals surface area (Å²) >= 11 is 0. The molecule has 1 saturated carbocycles. The zero-order chi connectivity index (χ0) is 19.7. The first-order valence-corrected chi connectivity index (χ1v) is 9.76. The van der Waals surface area contributed by atoms with Crippen LogP contribution in [0.5, 0.6) is 0 Å². The van der Waals surface area contributed by atoms with Gasteiger partial charge in [-0.25, -0.2) is 0 Å². The minimum atomic E-state index is -4.24. The molecular weight excluding hydrogens is 363 g/mol. The van der Waals surface area contributed by atoms with Gasteiger partial charge in [-0.15, -0.1) is 0 Å². The highest BCUT2D eigenvalue weighted by Crippen LogP contribution is 2.41. The summed E-state index contributed by atoms with van der Waals surface area (Å²) in [7, 11) is 0. The minimum Gasteiger partial charge on any atom is -0.290 e. The summed E-state index contributed by atoms with van der Waals surface area (Å²) in [6.45, 7) is -0.428. The van der Waals surface area contributed by atoms with Crippen molar-refractivity contribution in [2.45, 2.75) is 50.7 Å². The van der Waals surface area contributed by atoms with Crippen molar-refractivity contribution in [1.82, 2.24) is 9.88 Å². The lowest BCUT2D eigenvalue weighted by Crippen LogP contribution is -2.38. The molecule has 6 heteroatoms. The Kier molecular flexibility index (Phi) is 5.11. The molecule has 2 heterocycles. The Labute approximate surface area is 162 Å². The van der Waals surface area contributed by atoms with Gasteiger partial charge < -0.3 is 0 Å². The van der Waals surface area contributed by atoms with E-state index < -0.39 is 12.7 Å². The molecule has 1 aliphatic carbocycles. The van der Waals surface area contributed by atoms with E-state index in [1.807, 2.05) is 30.3 Å². The van der Waals surface area contributed by atoms with Crippen molar-refractivity contribution in [2.75, 3.05) is 13.1 Å². The maximum absolute atomic E-state index is 12.9. The summed E-state index contributed by atoms with van der Waals surface area (Å²) in [4.78, 5) is 6.26. The summed E-state index contributed by atoms with van der Waals surface area (Å²) < 4.78 is 38.8. The second kappa shape index (κ2) is 7.56. The number of fused-ring (bicyclic) bond motifs is 1. The largest absolute Gasteiger partial charge is 0.401 e. The fourth-order valence-corrected chi connectivity index (χ4v) is 4.56. The number of rotatable bonds is 3. The van der Waals surface area contributed by atoms with Gasteiger partial charge in [0.15, 0.2) is 0 Å². The molecule has 0 amide bonds. The Bertz CT molecular complexity index is 894. The molecule has 4 rings (SSSR count). The van der Waals surface area contributed by atoms with Gasteiger partial charge in [0.25, 0.3) is 0 Å². The van der Waals surface area contributed by atoms with E-state index in [9.17, 15) is 18.4 Å². The van der Waals surface area contributed by atoms with Crippen molar-refractivity contribution < 1.29 is 13.2 Å². The second-order valence-electron chi connectivity index (χ2n) is 7.71. The molecule has 0 spiro atoms. The molecule has 0 unspecified atom stereocenters. The predicted octanol–water partition coefficient (Wildman–Crippen LogP) is 5.20. The average Bonchev–Trinajstić information content (AvgIpc) is 3.20. The fourth-order valence-electron chi connectivity index (χ4n) is 4.56. The summed E-state index contributed by atoms with van der Waals surface area (Å²) in [5, 5.41) is 9.99. The lowest BCUT2D eigenvalue weighted by atomic mass is 9.86. The molecule has 0 saturated heterocycles. The SMILES string of the molecule is N#Cc1c(C2CCCC2)nc2c(c1-c1ccccc1)CN(CC(F)(F)F)CC2. The van der Waals surface area contributed by atoms with Gasteiger partial charge in [-0.2, -0.15) is 18.4 Å². The molecule has 146 valence electrons. The standard InChI is InChI=1S/C22H22F3N3/c23-22(24,25)14-28-11-10-19-18(13-28)20(15-6-2-1-3-7-15)17(12-26)21(27-19)16-8-4-5-9-16/h1-3,6-7,16H,4-5,8-11,13-14H2. The first-order chi connectivity index (χ1) is 13.5. The van der Waals surface area contributed by atoms with Crippen LogP contribution in [0.2, 0.25) is 0 Å². The van der Waals surface area contributed by atoms with Crippen molar-refractivity contribution in [2.24, 2.45) is 0 Å². The minimum absolute atomic E-state index is 0.172. The van der Waals surface area contributed by atoms with E-state index in [4.69, 9.17) is 4.98 Å². The van der Waals surface area contributed by atoms with E-state index in [1.165, 1.54) is 4.90 Å². The van der Waals surface area contributed by atoms with Crippen molar-refractivity contribution in [3.05, 3.63) is 52.8 Å². The van der Waals surface area contributed by atoms with Crippen molar-refractivity contribution in [3.8, 4) is 17.2 Å². The zero-order valence-electron chi connectivity index (χ0n) is 15.6. The molecule has 28 heavy (non-hydrogen) atoms. The van der Waals surface area contributed by atoms with Crippen LogP contribution in [-0.2, 0) is 13.0 Å². The number of alkyl halides is 3. The van der Waals surface area contributed by atoms with Crippen LogP contribution in [0.15, 0.2) is 30.3 Å². The average molecular weight is 385 g/mol. The summed E-state index contributed by atoms with van der Waals surface area (Å²) in [6.07, 6.45) is 0.558. The Morgan fingerprint density at radius 2 is 1.86 bits per heavy atom. The van der Waals surface area contributed by atoms with Crippen LogP contribution in [0.1, 0.15) is 54.1 Å². The normalized spacial score (nSPS) is 18.1. The van der Waals surface area contributed by atoms with E-state index in [2.05, 4.69) is 6.07 Å². The van der Waals surface area contributed by atoms with Gasteiger partial charge in [0.2, 0.25) is 0 Å². The topological polar surface area (TPSA) is 39.9 Å². The monoisotopic (exact) mass is 385 g/mol. The van der Waals surface area contributed by atoms with E-state index in [-0.39, 0.29) is 12.5 Å². The van der Waals surface area contributed by atoms with Crippen LogP contribution in [0, 0.1) is 11.3 Å². The number of hydrogen-bond acceptors (Lipinski definition) is 3. The summed E-state index contributed by atoms with van der Waals surface area (Å²) in [5.74, 6) is 0.274. The van der Waals surface area contributed by atoms with Crippen LogP contribution < -0.4 is 0 Å². The Hall–Kier alpha value is -2.39. The molecule has 0 bridgehead atoms. The van der Waals surface area contributed by atoms with Gasteiger partial charge >= 0.3 is 6.18 Å². The van der Waals surface area contributed by atoms with E-state index >= 15 is 0 Å². The third-order valence-corrected chi connectivity index (χ3v) is 5.78. The van der Waals surface area contributed by atoms with Gasteiger partial charge in [0.1, 0.15) is 6.07 Å². The van der Waals surface area contributed by atoms with Crippen LogP contribution in [0.3, 0.4) is 0 Å². The third kappa shape index (κ3) is 3.77. The quantitative estimate of drug-likeness (QED) is 0.729. The van der Waals surface area contributed by atoms with Crippen LogP contribution in [-0.4, -0.2) is 29.1 Å². The molecule has 2 aliphatic rings. The second-order valence-corrected chi connectivity index (χ2v) is 7.71. The highest BCUT2D eigenvalue weighted by atomic mass is 19.4. The molecule has 1 aliphatic heterocycles. The molecule has 0 radical (unpaired) electrons. The molecule has 1 aromatic heterocycles. The van der Waals surface area contributed by atoms with Gasteiger partial charge in [0.05, 0.1) is 17.8 Å². The van der Waals surface area contributed by atoms with E-state index in [0.717, 1.165) is 53.8 Å². The van der Waals surface area contributed by atoms with Gasteiger partial charge in [0, 0.05) is 36.7 Å². The van der Waals surface area contributed by atoms with E-state index in [0.29, 0.717) is 18.5 Å². The highest BCUT2D eigenvalue weighted by Gasteiger charge is 2.35. The molecular formula is C22H22F3N3. The number of nitriles is 1. The first kappa shape index (κ1) is 18.9. The molecule has 0 atom stereocenters. The first-order valence-electron chi connectivity index (χ1n) is 9.76. The van der Waals surface area contributed by atoms with Gasteiger partial charge in [-0.3, -0.25) is 9.88 Å². The smallest absolute Gasteiger partial charge is 0.290 e. The molecule has 1 aromatic carbocycles. The number of hydrogen-bond donors (Lipinski definition) is 0. The van der Waals surface area contributed by atoms with Gasteiger partial charge in [-0.1, -0.05) is 43.2 Å². The maximum Gasteiger partial charge on any atom is 0.401 e. The molecule has 1 fully saturated rings. The fraction of sp³-hybridized carbons (Fsp3) is 0.455. The Morgan fingerprint density at radius 3 is 2.50 bits per heavy atom. The Morgan fingerprint density at radius 1 is 1.14 bits per heavy atom. The molecule has 3 nitrogen and oxygen atoms in total. The number of nitrogens with zero attached hydrogens (tertiary/aromatic N) is 3. The van der Waals surface area contributed by atoms with Crippen molar-refractivity contribution >= 4 is 0 Å². The Balaban J connectivity index is 1.85.